The van der Waals surface area contributed by atoms with E-state index in [9.17, 15) is 9.18 Å². The van der Waals surface area contributed by atoms with Crippen LogP contribution in [0.25, 0.3) is 0 Å². The topological polar surface area (TPSA) is 56.0 Å². The van der Waals surface area contributed by atoms with Gasteiger partial charge in [0.2, 0.25) is 5.89 Å². The average molecular weight is 309 g/mol. The Labute approximate surface area is 126 Å². The van der Waals surface area contributed by atoms with Crippen LogP contribution in [0.5, 0.6) is 0 Å². The second kappa shape index (κ2) is 5.93. The van der Waals surface area contributed by atoms with Crippen LogP contribution in [0.15, 0.2) is 22.7 Å². The van der Waals surface area contributed by atoms with Gasteiger partial charge in [-0.3, -0.25) is 4.79 Å². The van der Waals surface area contributed by atoms with Crippen LogP contribution in [-0.4, -0.2) is 15.9 Å². The zero-order chi connectivity index (χ0) is 14.8. The summed E-state index contributed by atoms with van der Waals surface area (Å²) in [5, 5.41) is 4.22. The Balaban J connectivity index is 1.77. The summed E-state index contributed by atoms with van der Waals surface area (Å²) in [6.45, 7) is 0. The van der Waals surface area contributed by atoms with Crippen LogP contribution in [0.2, 0.25) is 5.02 Å². The lowest BCUT2D eigenvalue weighted by molar-refractivity contribution is -0.122. The molecular formula is C15H14ClFN2O2. The van der Waals surface area contributed by atoms with Gasteiger partial charge in [0.05, 0.1) is 5.92 Å². The van der Waals surface area contributed by atoms with Gasteiger partial charge in [-0.05, 0) is 30.5 Å². The molecule has 1 aromatic heterocycles. The Morgan fingerprint density at radius 2 is 2.24 bits per heavy atom. The smallest absolute Gasteiger partial charge is 0.237 e. The molecule has 0 spiro atoms. The van der Waals surface area contributed by atoms with Crippen LogP contribution in [-0.2, 0) is 11.2 Å². The Hall–Kier alpha value is -1.75. The standard InChI is InChI=1S/C15H14ClFN2O2/c16-12-8-10(17)6-5-9(12)7-14-18-15(21-19-14)11-3-1-2-4-13(11)20/h5-6,8,11H,1-4,7H2. The highest BCUT2D eigenvalue weighted by atomic mass is 35.5. The fraction of sp³-hybridized carbons (Fsp3) is 0.400. The van der Waals surface area contributed by atoms with E-state index in [1.807, 2.05) is 0 Å². The molecule has 1 fully saturated rings. The zero-order valence-electron chi connectivity index (χ0n) is 11.3. The van der Waals surface area contributed by atoms with Crippen molar-refractivity contribution in [3.8, 4) is 0 Å². The van der Waals surface area contributed by atoms with E-state index in [0.29, 0.717) is 29.6 Å². The highest BCUT2D eigenvalue weighted by molar-refractivity contribution is 6.31. The number of rotatable bonds is 3. The van der Waals surface area contributed by atoms with Gasteiger partial charge in [-0.1, -0.05) is 29.2 Å². The average Bonchev–Trinajstić information content (AvgIpc) is 2.91. The second-order valence-corrected chi connectivity index (χ2v) is 5.63. The van der Waals surface area contributed by atoms with Gasteiger partial charge in [0, 0.05) is 17.9 Å². The van der Waals surface area contributed by atoms with Crippen molar-refractivity contribution in [1.82, 2.24) is 10.1 Å². The molecule has 3 rings (SSSR count). The maximum absolute atomic E-state index is 13.0. The number of carbonyl (C=O) groups excluding carboxylic acids is 1. The van der Waals surface area contributed by atoms with Crippen molar-refractivity contribution in [3.05, 3.63) is 46.3 Å². The number of hydrogen-bond acceptors (Lipinski definition) is 4. The fourth-order valence-corrected chi connectivity index (χ4v) is 2.79. The van der Waals surface area contributed by atoms with Crippen molar-refractivity contribution in [2.45, 2.75) is 38.0 Å². The number of carbonyl (C=O) groups is 1. The Bertz CT molecular complexity index is 671. The van der Waals surface area contributed by atoms with Crippen molar-refractivity contribution in [1.29, 1.82) is 0 Å². The van der Waals surface area contributed by atoms with Gasteiger partial charge >= 0.3 is 0 Å². The molecule has 1 heterocycles. The van der Waals surface area contributed by atoms with Crippen LogP contribution in [0, 0.1) is 5.82 Å². The summed E-state index contributed by atoms with van der Waals surface area (Å²) in [6, 6.07) is 4.19. The summed E-state index contributed by atoms with van der Waals surface area (Å²) < 4.78 is 18.2. The van der Waals surface area contributed by atoms with Gasteiger partial charge in [0.15, 0.2) is 5.82 Å². The first-order chi connectivity index (χ1) is 10.1. The van der Waals surface area contributed by atoms with Gasteiger partial charge in [0.25, 0.3) is 0 Å². The molecule has 4 nitrogen and oxygen atoms in total. The number of Topliss-reactive ketones (excluding diaryl/α,β-unsaturated/α-hetero) is 1. The molecule has 2 aromatic rings. The third kappa shape index (κ3) is 3.13. The summed E-state index contributed by atoms with van der Waals surface area (Å²) in [5.74, 6) is 0.343. The van der Waals surface area contributed by atoms with E-state index in [-0.39, 0.29) is 17.5 Å². The molecule has 1 aliphatic carbocycles. The summed E-state index contributed by atoms with van der Waals surface area (Å²) in [6.07, 6.45) is 3.62. The number of nitrogens with zero attached hydrogens (tertiary/aromatic N) is 2. The molecule has 1 aromatic carbocycles. The van der Waals surface area contributed by atoms with E-state index in [4.69, 9.17) is 16.1 Å². The normalized spacial score (nSPS) is 19.0. The number of aromatic nitrogens is 2. The number of hydrogen-bond donors (Lipinski definition) is 0. The minimum absolute atomic E-state index is 0.163. The third-order valence-electron chi connectivity index (χ3n) is 3.70. The van der Waals surface area contributed by atoms with Crippen LogP contribution < -0.4 is 0 Å². The molecular weight excluding hydrogens is 295 g/mol. The van der Waals surface area contributed by atoms with E-state index in [1.54, 1.807) is 6.07 Å². The van der Waals surface area contributed by atoms with Crippen LogP contribution in [0.1, 0.15) is 48.9 Å². The monoisotopic (exact) mass is 308 g/mol. The van der Waals surface area contributed by atoms with Gasteiger partial charge in [-0.25, -0.2) is 4.39 Å². The quantitative estimate of drug-likeness (QED) is 0.868. The Kier molecular flexibility index (Phi) is 4.01. The first-order valence-electron chi connectivity index (χ1n) is 6.92. The number of benzene rings is 1. The number of halogens is 2. The van der Waals surface area contributed by atoms with Crippen molar-refractivity contribution in [2.75, 3.05) is 0 Å². The molecule has 0 bridgehead atoms. The molecule has 1 aliphatic rings. The van der Waals surface area contributed by atoms with E-state index in [2.05, 4.69) is 10.1 Å². The second-order valence-electron chi connectivity index (χ2n) is 5.23. The molecule has 0 N–H and O–H groups in total. The fourth-order valence-electron chi connectivity index (χ4n) is 2.56. The highest BCUT2D eigenvalue weighted by Gasteiger charge is 2.28. The molecule has 6 heteroatoms. The largest absolute Gasteiger partial charge is 0.339 e. The molecule has 1 saturated carbocycles. The minimum atomic E-state index is -0.384. The first-order valence-corrected chi connectivity index (χ1v) is 7.30. The number of ketones is 1. The predicted molar refractivity (Wildman–Crippen MR) is 74.7 cm³/mol. The van der Waals surface area contributed by atoms with Gasteiger partial charge < -0.3 is 4.52 Å². The zero-order valence-corrected chi connectivity index (χ0v) is 12.1. The SMILES string of the molecule is O=C1CCCCC1c1nc(Cc2ccc(F)cc2Cl)no1. The summed E-state index contributed by atoms with van der Waals surface area (Å²) in [5.41, 5.74) is 0.723. The Morgan fingerprint density at radius 3 is 3.00 bits per heavy atom. The lowest BCUT2D eigenvalue weighted by atomic mass is 9.88. The molecule has 0 aliphatic heterocycles. The van der Waals surface area contributed by atoms with Crippen molar-refractivity contribution in [3.63, 3.8) is 0 Å². The van der Waals surface area contributed by atoms with Crippen LogP contribution in [0.4, 0.5) is 4.39 Å². The lowest BCUT2D eigenvalue weighted by Crippen LogP contribution is -2.17. The van der Waals surface area contributed by atoms with Crippen molar-refractivity contribution >= 4 is 17.4 Å². The molecule has 0 amide bonds. The van der Waals surface area contributed by atoms with Crippen molar-refractivity contribution in [2.24, 2.45) is 0 Å². The Morgan fingerprint density at radius 1 is 1.38 bits per heavy atom. The van der Waals surface area contributed by atoms with Gasteiger partial charge in [-0.15, -0.1) is 0 Å². The molecule has 110 valence electrons. The van der Waals surface area contributed by atoms with Crippen molar-refractivity contribution < 1.29 is 13.7 Å². The first kappa shape index (κ1) is 14.2. The molecule has 1 atom stereocenters. The summed E-state index contributed by atoms with van der Waals surface area (Å²) >= 11 is 5.98. The van der Waals surface area contributed by atoms with E-state index < -0.39 is 0 Å². The lowest BCUT2D eigenvalue weighted by Gasteiger charge is -2.16. The molecule has 0 radical (unpaired) electrons. The third-order valence-corrected chi connectivity index (χ3v) is 4.05. The molecule has 0 saturated heterocycles. The van der Waals surface area contributed by atoms with E-state index in [0.717, 1.165) is 24.8 Å². The minimum Gasteiger partial charge on any atom is -0.339 e. The predicted octanol–water partition coefficient (Wildman–Crippen LogP) is 3.68. The molecule has 1 unspecified atom stereocenters. The molecule has 21 heavy (non-hydrogen) atoms. The van der Waals surface area contributed by atoms with Gasteiger partial charge in [-0.2, -0.15) is 4.98 Å². The van der Waals surface area contributed by atoms with E-state index >= 15 is 0 Å². The highest BCUT2D eigenvalue weighted by Crippen LogP contribution is 2.29. The summed E-state index contributed by atoms with van der Waals surface area (Å²) in [4.78, 5) is 16.2. The van der Waals surface area contributed by atoms with E-state index in [1.165, 1.54) is 12.1 Å². The van der Waals surface area contributed by atoms with Gasteiger partial charge in [0.1, 0.15) is 11.6 Å². The maximum atomic E-state index is 13.0. The van der Waals surface area contributed by atoms with Crippen LogP contribution >= 0.6 is 11.6 Å². The summed E-state index contributed by atoms with van der Waals surface area (Å²) in [7, 11) is 0. The van der Waals surface area contributed by atoms with Crippen LogP contribution in [0.3, 0.4) is 0 Å². The maximum Gasteiger partial charge on any atom is 0.237 e.